The van der Waals surface area contributed by atoms with Crippen LogP contribution in [0.5, 0.6) is 11.5 Å². The second kappa shape index (κ2) is 15.2. The molecule has 0 bridgehead atoms. The van der Waals surface area contributed by atoms with Crippen molar-refractivity contribution in [1.29, 1.82) is 0 Å². The average Bonchev–Trinajstić information content (AvgIpc) is 3.75. The monoisotopic (exact) mass is 864 g/mol. The van der Waals surface area contributed by atoms with Crippen LogP contribution in [0.1, 0.15) is 11.1 Å². The van der Waals surface area contributed by atoms with Crippen molar-refractivity contribution in [2.24, 2.45) is 0 Å². The van der Waals surface area contributed by atoms with E-state index >= 15 is 4.39 Å². The molecule has 0 atom stereocenters. The zero-order valence-corrected chi connectivity index (χ0v) is 36.8. The summed E-state index contributed by atoms with van der Waals surface area (Å²) in [4.78, 5) is 4.36. The maximum absolute atomic E-state index is 15.6. The van der Waals surface area contributed by atoms with E-state index in [9.17, 15) is 0 Å². The van der Waals surface area contributed by atoms with Crippen LogP contribution in [0.2, 0.25) is 0 Å². The number of para-hydroxylation sites is 5. The van der Waals surface area contributed by atoms with Crippen molar-refractivity contribution in [2.75, 3.05) is 9.80 Å². The number of nitrogens with zero attached hydrogens (tertiary/aromatic N) is 2. The summed E-state index contributed by atoms with van der Waals surface area (Å²) in [6.45, 7) is 4.30. The molecule has 0 saturated carbocycles. The fraction of sp³-hybridized carbons (Fsp3) is 0.0323. The van der Waals surface area contributed by atoms with Gasteiger partial charge in [0.25, 0.3) is 0 Å². The summed E-state index contributed by atoms with van der Waals surface area (Å²) in [5.41, 5.74) is 13.4. The summed E-state index contributed by atoms with van der Waals surface area (Å²) in [6, 6.07) is 73.1. The number of halogens is 1. The summed E-state index contributed by atoms with van der Waals surface area (Å²) < 4.78 is 29.5. The maximum Gasteiger partial charge on any atom is 0.159 e. The van der Waals surface area contributed by atoms with Gasteiger partial charge in [-0.2, -0.15) is 0 Å². The molecule has 12 aromatic rings. The van der Waals surface area contributed by atoms with Crippen LogP contribution in [0.4, 0.5) is 38.5 Å². The third-order valence-electron chi connectivity index (χ3n) is 13.3. The Morgan fingerprint density at radius 3 is 1.91 bits per heavy atom. The van der Waals surface area contributed by atoms with Crippen LogP contribution in [-0.4, -0.2) is 0 Å². The van der Waals surface area contributed by atoms with Gasteiger partial charge in [0.2, 0.25) is 0 Å². The first-order valence-corrected chi connectivity index (χ1v) is 22.7. The van der Waals surface area contributed by atoms with E-state index in [2.05, 4.69) is 158 Å². The van der Waals surface area contributed by atoms with Crippen molar-refractivity contribution in [3.05, 3.63) is 229 Å². The minimum absolute atomic E-state index is 0.305. The molecule has 0 N–H and O–H groups in total. The Bertz CT molecular complexity index is 3950. The zero-order valence-electron chi connectivity index (χ0n) is 36.8. The fourth-order valence-corrected chi connectivity index (χ4v) is 10.4. The molecule has 0 unspecified atom stereocenters. The van der Waals surface area contributed by atoms with Gasteiger partial charge in [-0.25, -0.2) is 4.39 Å². The van der Waals surface area contributed by atoms with E-state index in [0.29, 0.717) is 11.4 Å². The first-order valence-electron chi connectivity index (χ1n) is 22.7. The highest BCUT2D eigenvalue weighted by Crippen LogP contribution is 2.54. The molecule has 13 rings (SSSR count). The van der Waals surface area contributed by atoms with Gasteiger partial charge in [-0.3, -0.25) is 0 Å². The van der Waals surface area contributed by atoms with Crippen molar-refractivity contribution < 1.29 is 13.5 Å². The lowest BCUT2D eigenvalue weighted by molar-refractivity contribution is 0.487. The Hall–Kier alpha value is -8.67. The van der Waals surface area contributed by atoms with E-state index in [4.69, 9.17) is 9.15 Å². The van der Waals surface area contributed by atoms with E-state index in [1.807, 2.05) is 65.6 Å². The van der Waals surface area contributed by atoms with E-state index in [-0.39, 0.29) is 5.82 Å². The average molecular weight is 865 g/mol. The topological polar surface area (TPSA) is 28.9 Å². The number of benzene rings is 11. The molecule has 1 aliphatic heterocycles. The molecule has 4 nitrogen and oxygen atoms in total. The molecule has 1 aromatic heterocycles. The summed E-state index contributed by atoms with van der Waals surface area (Å²) in [5.74, 6) is 1.20. The smallest absolute Gasteiger partial charge is 0.159 e. The van der Waals surface area contributed by atoms with Gasteiger partial charge >= 0.3 is 0 Å². The first kappa shape index (κ1) is 38.8. The van der Waals surface area contributed by atoms with Crippen LogP contribution < -0.4 is 14.5 Å². The van der Waals surface area contributed by atoms with Gasteiger partial charge in [0.1, 0.15) is 22.9 Å². The van der Waals surface area contributed by atoms with Gasteiger partial charge in [-0.1, -0.05) is 139 Å². The van der Waals surface area contributed by atoms with Gasteiger partial charge in [-0.15, -0.1) is 0 Å². The minimum atomic E-state index is -0.305. The van der Waals surface area contributed by atoms with Crippen molar-refractivity contribution in [2.45, 2.75) is 13.8 Å². The SMILES string of the molecule is Cc1ccc2c(N(c3ccccc3-c3ccccc3)c3cccc4c3oc3ccccc34)cc3c4cc(C)cc5c4c(cc3c2c1)-c1ccc(N(c2ccccc2)c2ccccc2F)cc1O5. The summed E-state index contributed by atoms with van der Waals surface area (Å²) in [7, 11) is 0. The Balaban J connectivity index is 1.09. The van der Waals surface area contributed by atoms with Gasteiger partial charge in [0.05, 0.1) is 22.7 Å². The Kier molecular flexibility index (Phi) is 8.80. The molecule has 2 heterocycles. The number of hydrogen-bond donors (Lipinski definition) is 0. The van der Waals surface area contributed by atoms with Crippen molar-refractivity contribution in [3.63, 3.8) is 0 Å². The third-order valence-corrected chi connectivity index (χ3v) is 13.3. The van der Waals surface area contributed by atoms with E-state index < -0.39 is 0 Å². The van der Waals surface area contributed by atoms with Gasteiger partial charge < -0.3 is 19.0 Å². The van der Waals surface area contributed by atoms with Crippen LogP contribution >= 0.6 is 0 Å². The summed E-state index contributed by atoms with van der Waals surface area (Å²) in [6.07, 6.45) is 0. The lowest BCUT2D eigenvalue weighted by Crippen LogP contribution is -2.12. The largest absolute Gasteiger partial charge is 0.456 e. The Labute approximate surface area is 386 Å². The standard InChI is InChI=1S/C62H41FN2O2/c1-38-28-30-44-48(32-38)49-36-52-46-31-29-42(64(41-18-7-4-8-19-41)55-25-13-11-23-53(55)63)35-59(46)66-60-34-39(2)33-51(61(52)60)50(49)37-57(44)65(54-24-12-9-20-43(54)40-16-5-3-6-17-40)56-26-15-22-47-45-21-10-14-27-58(45)67-62(47)56/h3-37H,1-2H3. The predicted molar refractivity (Wildman–Crippen MR) is 276 cm³/mol. The molecule has 11 aromatic carbocycles. The summed E-state index contributed by atoms with van der Waals surface area (Å²) in [5, 5.41) is 8.83. The van der Waals surface area contributed by atoms with E-state index in [1.54, 1.807) is 6.07 Å². The molecule has 0 spiro atoms. The summed E-state index contributed by atoms with van der Waals surface area (Å²) >= 11 is 0. The van der Waals surface area contributed by atoms with Crippen LogP contribution in [0.15, 0.2) is 217 Å². The molecular formula is C62H41FN2O2. The number of hydrogen-bond acceptors (Lipinski definition) is 4. The Morgan fingerprint density at radius 2 is 1.06 bits per heavy atom. The van der Waals surface area contributed by atoms with Gasteiger partial charge in [-0.05, 0) is 125 Å². The number of ether oxygens (including phenoxy) is 1. The van der Waals surface area contributed by atoms with Crippen LogP contribution in [0, 0.1) is 19.7 Å². The highest BCUT2D eigenvalue weighted by Gasteiger charge is 2.28. The molecule has 1 aliphatic rings. The van der Waals surface area contributed by atoms with E-state index in [1.165, 1.54) is 11.6 Å². The molecule has 0 fully saturated rings. The predicted octanol–water partition coefficient (Wildman–Crippen LogP) is 18.2. The van der Waals surface area contributed by atoms with Gasteiger partial charge in [0.15, 0.2) is 5.58 Å². The van der Waals surface area contributed by atoms with Crippen molar-refractivity contribution in [3.8, 4) is 33.8 Å². The van der Waals surface area contributed by atoms with Crippen LogP contribution in [-0.2, 0) is 0 Å². The minimum Gasteiger partial charge on any atom is -0.456 e. The quantitative estimate of drug-likeness (QED) is 0.149. The number of rotatable bonds is 7. The lowest BCUT2D eigenvalue weighted by Gasteiger charge is -2.30. The van der Waals surface area contributed by atoms with Crippen LogP contribution in [0.3, 0.4) is 0 Å². The number of aryl methyl sites for hydroxylation is 2. The molecule has 67 heavy (non-hydrogen) atoms. The molecule has 0 aliphatic carbocycles. The molecule has 318 valence electrons. The lowest BCUT2D eigenvalue weighted by atomic mass is 9.87. The van der Waals surface area contributed by atoms with Crippen molar-refractivity contribution >= 4 is 88.4 Å². The zero-order chi connectivity index (χ0) is 44.8. The van der Waals surface area contributed by atoms with E-state index in [0.717, 1.165) is 116 Å². The molecule has 0 radical (unpaired) electrons. The Morgan fingerprint density at radius 1 is 0.373 bits per heavy atom. The first-order chi connectivity index (χ1) is 33.0. The van der Waals surface area contributed by atoms with Crippen molar-refractivity contribution in [1.82, 2.24) is 0 Å². The maximum atomic E-state index is 15.6. The van der Waals surface area contributed by atoms with Gasteiger partial charge in [0, 0.05) is 50.1 Å². The number of furan rings is 1. The fourth-order valence-electron chi connectivity index (χ4n) is 10.4. The molecule has 0 saturated heterocycles. The molecule has 5 heteroatoms. The number of anilines is 6. The highest BCUT2D eigenvalue weighted by molar-refractivity contribution is 6.26. The molecular weight excluding hydrogens is 824 g/mol. The number of fused-ring (bicyclic) bond motifs is 9. The van der Waals surface area contributed by atoms with Crippen LogP contribution in [0.25, 0.3) is 76.5 Å². The second-order valence-corrected chi connectivity index (χ2v) is 17.5. The highest BCUT2D eigenvalue weighted by atomic mass is 19.1. The normalized spacial score (nSPS) is 11.9. The second-order valence-electron chi connectivity index (χ2n) is 17.5. The molecule has 0 amide bonds. The third kappa shape index (κ3) is 6.19.